The third kappa shape index (κ3) is 5.10. The van der Waals surface area contributed by atoms with Gasteiger partial charge in [-0.25, -0.2) is 9.97 Å². The van der Waals surface area contributed by atoms with E-state index in [1.807, 2.05) is 68.4 Å². The standard InChI is InChI=1S/C21H24N4O2/c1-4-27-19-8-6-5-7-18(19)25-21-13-20(23-15(2)24-21)22-14-16-9-11-17(26-3)12-10-16/h5-13H,4,14H2,1-3H3,(H2,22,23,24,25). The fourth-order valence-corrected chi connectivity index (χ4v) is 2.65. The van der Waals surface area contributed by atoms with Gasteiger partial charge in [0.1, 0.15) is 29.0 Å². The number of benzene rings is 2. The van der Waals surface area contributed by atoms with Gasteiger partial charge in [0.15, 0.2) is 0 Å². The molecule has 3 rings (SSSR count). The molecule has 2 N–H and O–H groups in total. The van der Waals surface area contributed by atoms with Crippen LogP contribution in [0.2, 0.25) is 0 Å². The number of rotatable bonds is 8. The second kappa shape index (κ2) is 8.89. The molecule has 0 aliphatic rings. The van der Waals surface area contributed by atoms with E-state index in [2.05, 4.69) is 20.6 Å². The first kappa shape index (κ1) is 18.5. The molecular formula is C21H24N4O2. The van der Waals surface area contributed by atoms with E-state index in [0.29, 0.717) is 24.8 Å². The second-order valence-corrected chi connectivity index (χ2v) is 5.94. The van der Waals surface area contributed by atoms with E-state index < -0.39 is 0 Å². The molecule has 0 radical (unpaired) electrons. The zero-order chi connectivity index (χ0) is 19.1. The van der Waals surface area contributed by atoms with Crippen molar-refractivity contribution in [1.29, 1.82) is 0 Å². The van der Waals surface area contributed by atoms with Crippen molar-refractivity contribution in [3.05, 3.63) is 66.0 Å². The molecule has 0 bridgehead atoms. The van der Waals surface area contributed by atoms with Crippen LogP contribution in [0.5, 0.6) is 11.5 Å². The first-order valence-corrected chi connectivity index (χ1v) is 8.89. The zero-order valence-electron chi connectivity index (χ0n) is 15.8. The second-order valence-electron chi connectivity index (χ2n) is 5.94. The molecule has 0 saturated carbocycles. The van der Waals surface area contributed by atoms with Crippen LogP contribution in [-0.4, -0.2) is 23.7 Å². The Morgan fingerprint density at radius 3 is 2.44 bits per heavy atom. The Kier molecular flexibility index (Phi) is 6.10. The summed E-state index contributed by atoms with van der Waals surface area (Å²) in [4.78, 5) is 8.94. The van der Waals surface area contributed by atoms with Crippen LogP contribution in [0.3, 0.4) is 0 Å². The van der Waals surface area contributed by atoms with Gasteiger partial charge in [-0.05, 0) is 43.7 Å². The summed E-state index contributed by atoms with van der Waals surface area (Å²) in [7, 11) is 1.66. The highest BCUT2D eigenvalue weighted by Crippen LogP contribution is 2.27. The Labute approximate surface area is 159 Å². The lowest BCUT2D eigenvalue weighted by Gasteiger charge is -2.13. The van der Waals surface area contributed by atoms with E-state index in [4.69, 9.17) is 9.47 Å². The van der Waals surface area contributed by atoms with Crippen LogP contribution in [-0.2, 0) is 6.54 Å². The fraction of sp³-hybridized carbons (Fsp3) is 0.238. The van der Waals surface area contributed by atoms with Crippen LogP contribution in [0.4, 0.5) is 17.3 Å². The highest BCUT2D eigenvalue weighted by atomic mass is 16.5. The van der Waals surface area contributed by atoms with E-state index in [0.717, 1.165) is 28.6 Å². The minimum Gasteiger partial charge on any atom is -0.497 e. The van der Waals surface area contributed by atoms with Gasteiger partial charge in [-0.3, -0.25) is 0 Å². The van der Waals surface area contributed by atoms with Gasteiger partial charge in [0.25, 0.3) is 0 Å². The molecule has 3 aromatic rings. The maximum Gasteiger partial charge on any atom is 0.142 e. The lowest BCUT2D eigenvalue weighted by atomic mass is 10.2. The first-order valence-electron chi connectivity index (χ1n) is 8.89. The van der Waals surface area contributed by atoms with E-state index in [9.17, 15) is 0 Å². The van der Waals surface area contributed by atoms with Crippen LogP contribution in [0, 0.1) is 6.92 Å². The summed E-state index contributed by atoms with van der Waals surface area (Å²) in [6, 6.07) is 17.6. The van der Waals surface area contributed by atoms with E-state index >= 15 is 0 Å². The van der Waals surface area contributed by atoms with Crippen molar-refractivity contribution >= 4 is 17.3 Å². The average molecular weight is 364 g/mol. The van der Waals surface area contributed by atoms with Gasteiger partial charge >= 0.3 is 0 Å². The first-order chi connectivity index (χ1) is 13.2. The molecule has 0 unspecified atom stereocenters. The van der Waals surface area contributed by atoms with Crippen molar-refractivity contribution < 1.29 is 9.47 Å². The Morgan fingerprint density at radius 1 is 0.963 bits per heavy atom. The number of nitrogens with one attached hydrogen (secondary N) is 2. The topological polar surface area (TPSA) is 68.3 Å². The Bertz CT molecular complexity index is 882. The molecule has 140 valence electrons. The summed E-state index contributed by atoms with van der Waals surface area (Å²) in [6.07, 6.45) is 0. The lowest BCUT2D eigenvalue weighted by Crippen LogP contribution is -2.05. The van der Waals surface area contributed by atoms with E-state index in [-0.39, 0.29) is 0 Å². The number of hydrogen-bond acceptors (Lipinski definition) is 6. The summed E-state index contributed by atoms with van der Waals surface area (Å²) in [5.41, 5.74) is 2.02. The van der Waals surface area contributed by atoms with Gasteiger partial charge in [0.2, 0.25) is 0 Å². The minimum absolute atomic E-state index is 0.607. The fourth-order valence-electron chi connectivity index (χ4n) is 2.65. The third-order valence-electron chi connectivity index (χ3n) is 3.92. The minimum atomic E-state index is 0.607. The summed E-state index contributed by atoms with van der Waals surface area (Å²) in [5, 5.41) is 6.66. The number of hydrogen-bond donors (Lipinski definition) is 2. The van der Waals surface area contributed by atoms with E-state index in [1.54, 1.807) is 7.11 Å². The SMILES string of the molecule is CCOc1ccccc1Nc1cc(NCc2ccc(OC)cc2)nc(C)n1. The lowest BCUT2D eigenvalue weighted by molar-refractivity contribution is 0.342. The molecule has 0 spiro atoms. The maximum atomic E-state index is 5.66. The molecule has 0 aliphatic heterocycles. The number of methoxy groups -OCH3 is 1. The van der Waals surface area contributed by atoms with Gasteiger partial charge in [0, 0.05) is 12.6 Å². The van der Waals surface area contributed by atoms with Crippen molar-refractivity contribution in [3.8, 4) is 11.5 Å². The molecule has 1 aromatic heterocycles. The maximum absolute atomic E-state index is 5.66. The van der Waals surface area contributed by atoms with Crippen molar-refractivity contribution in [1.82, 2.24) is 9.97 Å². The summed E-state index contributed by atoms with van der Waals surface area (Å²) >= 11 is 0. The number of nitrogens with zero attached hydrogens (tertiary/aromatic N) is 2. The molecule has 1 heterocycles. The van der Waals surface area contributed by atoms with E-state index in [1.165, 1.54) is 0 Å². The average Bonchev–Trinajstić information content (AvgIpc) is 2.68. The molecule has 0 saturated heterocycles. The Morgan fingerprint density at radius 2 is 1.70 bits per heavy atom. The molecule has 6 heteroatoms. The highest BCUT2D eigenvalue weighted by molar-refractivity contribution is 5.65. The van der Waals surface area contributed by atoms with Gasteiger partial charge in [0.05, 0.1) is 19.4 Å². The largest absolute Gasteiger partial charge is 0.497 e. The normalized spacial score (nSPS) is 10.3. The Hall–Kier alpha value is -3.28. The van der Waals surface area contributed by atoms with Gasteiger partial charge in [-0.15, -0.1) is 0 Å². The van der Waals surface area contributed by atoms with Crippen LogP contribution in [0.1, 0.15) is 18.3 Å². The molecule has 0 atom stereocenters. The molecule has 0 fully saturated rings. The summed E-state index contributed by atoms with van der Waals surface area (Å²) < 4.78 is 10.8. The molecule has 6 nitrogen and oxygen atoms in total. The molecule has 2 aromatic carbocycles. The van der Waals surface area contributed by atoms with Crippen LogP contribution in [0.15, 0.2) is 54.6 Å². The molecule has 0 aliphatic carbocycles. The van der Waals surface area contributed by atoms with Crippen molar-refractivity contribution in [2.24, 2.45) is 0 Å². The number of aromatic nitrogens is 2. The quantitative estimate of drug-likeness (QED) is 0.611. The molecule has 0 amide bonds. The van der Waals surface area contributed by atoms with Crippen molar-refractivity contribution in [2.75, 3.05) is 24.4 Å². The summed E-state index contributed by atoms with van der Waals surface area (Å²) in [6.45, 7) is 5.11. The molecular weight excluding hydrogens is 340 g/mol. The monoisotopic (exact) mass is 364 g/mol. The van der Waals surface area contributed by atoms with Crippen LogP contribution in [0.25, 0.3) is 0 Å². The van der Waals surface area contributed by atoms with Gasteiger partial charge in [-0.2, -0.15) is 0 Å². The van der Waals surface area contributed by atoms with Crippen molar-refractivity contribution in [2.45, 2.75) is 20.4 Å². The zero-order valence-corrected chi connectivity index (χ0v) is 15.8. The Balaban J connectivity index is 1.72. The smallest absolute Gasteiger partial charge is 0.142 e. The van der Waals surface area contributed by atoms with Crippen molar-refractivity contribution in [3.63, 3.8) is 0 Å². The third-order valence-corrected chi connectivity index (χ3v) is 3.92. The predicted molar refractivity (Wildman–Crippen MR) is 108 cm³/mol. The number of anilines is 3. The molecule has 27 heavy (non-hydrogen) atoms. The number of aryl methyl sites for hydroxylation is 1. The summed E-state index contributed by atoms with van der Waals surface area (Å²) in [5.74, 6) is 3.80. The number of para-hydroxylation sites is 2. The van der Waals surface area contributed by atoms with Crippen LogP contribution >= 0.6 is 0 Å². The number of ether oxygens (including phenoxy) is 2. The van der Waals surface area contributed by atoms with Gasteiger partial charge in [-0.1, -0.05) is 24.3 Å². The predicted octanol–water partition coefficient (Wildman–Crippen LogP) is 4.55. The van der Waals surface area contributed by atoms with Crippen LogP contribution < -0.4 is 20.1 Å². The van der Waals surface area contributed by atoms with Gasteiger partial charge < -0.3 is 20.1 Å². The highest BCUT2D eigenvalue weighted by Gasteiger charge is 2.06.